The van der Waals surface area contributed by atoms with Crippen LogP contribution < -0.4 is 9.80 Å². The number of nitrogens with zero attached hydrogens (tertiary/aromatic N) is 3. The van der Waals surface area contributed by atoms with Crippen molar-refractivity contribution in [3.8, 4) is 5.75 Å². The summed E-state index contributed by atoms with van der Waals surface area (Å²) in [5, 5.41) is 23.1. The number of phenols is 1. The van der Waals surface area contributed by atoms with Gasteiger partial charge in [-0.1, -0.05) is 75.6 Å². The van der Waals surface area contributed by atoms with Crippen molar-refractivity contribution in [2.45, 2.75) is 24.2 Å². The van der Waals surface area contributed by atoms with Crippen LogP contribution in [0.25, 0.3) is 0 Å². The van der Waals surface area contributed by atoms with Crippen LogP contribution in [0.2, 0.25) is 5.02 Å². The van der Waals surface area contributed by atoms with Gasteiger partial charge in [0.2, 0.25) is 23.6 Å². The fourth-order valence-corrected chi connectivity index (χ4v) is 9.39. The quantitative estimate of drug-likeness (QED) is 0.0995. The molecule has 3 fully saturated rings. The van der Waals surface area contributed by atoms with E-state index in [2.05, 4.69) is 15.9 Å². The summed E-state index contributed by atoms with van der Waals surface area (Å²) in [4.78, 5) is 71.4. The molecule has 6 atom stereocenters. The summed E-state index contributed by atoms with van der Waals surface area (Å²) in [6, 6.07) is 25.8. The van der Waals surface area contributed by atoms with Crippen LogP contribution in [0.15, 0.2) is 113 Å². The predicted molar refractivity (Wildman–Crippen MR) is 187 cm³/mol. The summed E-state index contributed by atoms with van der Waals surface area (Å²) < 4.78 is 0.640. The number of imide groups is 2. The van der Waals surface area contributed by atoms with Crippen LogP contribution in [0, 0.1) is 33.8 Å². The predicted octanol–water partition coefficient (Wildman–Crippen LogP) is 7.08. The van der Waals surface area contributed by atoms with Gasteiger partial charge >= 0.3 is 0 Å². The van der Waals surface area contributed by atoms with Gasteiger partial charge in [-0.25, -0.2) is 4.90 Å². The summed E-state index contributed by atoms with van der Waals surface area (Å²) in [5.41, 5.74) is 0.500. The molecule has 0 aromatic heterocycles. The molecule has 0 radical (unpaired) electrons. The average molecular weight is 753 g/mol. The van der Waals surface area contributed by atoms with Crippen LogP contribution in [-0.2, 0) is 24.6 Å². The van der Waals surface area contributed by atoms with E-state index in [1.54, 1.807) is 48.5 Å². The van der Waals surface area contributed by atoms with Gasteiger partial charge in [-0.2, -0.15) is 0 Å². The number of fused-ring (bicyclic) bond motifs is 4. The number of carbonyl (C=O) groups is 4. The van der Waals surface area contributed by atoms with Gasteiger partial charge < -0.3 is 5.11 Å². The van der Waals surface area contributed by atoms with Gasteiger partial charge in [0.25, 0.3) is 5.69 Å². The summed E-state index contributed by atoms with van der Waals surface area (Å²) in [5.74, 6) is -6.08. The molecule has 4 amide bonds. The molecule has 4 aromatic rings. The van der Waals surface area contributed by atoms with E-state index in [4.69, 9.17) is 11.6 Å². The number of allylic oxidation sites excluding steroid dienone is 2. The standard InChI is InChI=1S/C38H27BrClN3O7/c39-21-9-16-31(44)29(17-21)33-26-14-15-27-32(36(47)41(34(27)45)23-10-12-24(13-11-23)43(49)50)28(26)19-30-35(46)42(25-8-4-7-22(40)18-25)37(48)38(30,33)20-5-2-1-3-6-20/h1-14,16-18,27-28,30,32-33,44H,15,19H2/t27-,28+,30-,32-,33+,38+/m0/s1. The maximum absolute atomic E-state index is 15.3. The van der Waals surface area contributed by atoms with Crippen molar-refractivity contribution in [3.63, 3.8) is 0 Å². The smallest absolute Gasteiger partial charge is 0.269 e. The second kappa shape index (κ2) is 11.7. The SMILES string of the molecule is O=C1[C@H]2[C@H](CC=C3[C@H]2C[C@H]2C(=O)N(c4cccc(Cl)c4)C(=O)[C@@]2(c2ccccc2)[C@H]3c2cc(Br)ccc2O)C(=O)N1c1ccc([N+](=O)[O-])cc1. The molecule has 12 heteroatoms. The lowest BCUT2D eigenvalue weighted by molar-refractivity contribution is -0.384. The highest BCUT2D eigenvalue weighted by Gasteiger charge is 2.70. The van der Waals surface area contributed by atoms with E-state index < -0.39 is 63.6 Å². The highest BCUT2D eigenvalue weighted by molar-refractivity contribution is 9.10. The minimum Gasteiger partial charge on any atom is -0.508 e. The number of rotatable bonds is 5. The maximum Gasteiger partial charge on any atom is 0.269 e. The summed E-state index contributed by atoms with van der Waals surface area (Å²) in [6.45, 7) is 0. The third-order valence-electron chi connectivity index (χ3n) is 10.8. The number of nitro benzene ring substituents is 1. The Kier molecular flexibility index (Phi) is 7.54. The molecule has 4 aromatic carbocycles. The lowest BCUT2D eigenvalue weighted by Gasteiger charge is -2.50. The molecule has 50 heavy (non-hydrogen) atoms. The fraction of sp³-hybridized carbons (Fsp3) is 0.211. The number of amides is 4. The van der Waals surface area contributed by atoms with Crippen molar-refractivity contribution in [3.05, 3.63) is 139 Å². The van der Waals surface area contributed by atoms with Crippen molar-refractivity contribution >= 4 is 68.2 Å². The van der Waals surface area contributed by atoms with Crippen molar-refractivity contribution < 1.29 is 29.2 Å². The van der Waals surface area contributed by atoms with Crippen LogP contribution in [-0.4, -0.2) is 33.7 Å². The highest BCUT2D eigenvalue weighted by atomic mass is 79.9. The summed E-state index contributed by atoms with van der Waals surface area (Å²) >= 11 is 9.90. The van der Waals surface area contributed by atoms with Crippen molar-refractivity contribution in [2.75, 3.05) is 9.80 Å². The fourth-order valence-electron chi connectivity index (χ4n) is 8.82. The van der Waals surface area contributed by atoms with Gasteiger partial charge in [0.05, 0.1) is 39.5 Å². The Morgan fingerprint density at radius 2 is 1.56 bits per heavy atom. The zero-order chi connectivity index (χ0) is 35.1. The number of aromatic hydroxyl groups is 1. The van der Waals surface area contributed by atoms with Gasteiger partial charge in [-0.15, -0.1) is 0 Å². The number of anilines is 2. The van der Waals surface area contributed by atoms with Crippen LogP contribution in [0.3, 0.4) is 0 Å². The first-order chi connectivity index (χ1) is 24.0. The van der Waals surface area contributed by atoms with E-state index in [0.717, 1.165) is 4.90 Å². The van der Waals surface area contributed by atoms with Gasteiger partial charge in [-0.3, -0.25) is 34.2 Å². The second-order valence-corrected chi connectivity index (χ2v) is 14.4. The zero-order valence-electron chi connectivity index (χ0n) is 26.1. The van der Waals surface area contributed by atoms with Crippen molar-refractivity contribution in [1.82, 2.24) is 0 Å². The Balaban J connectivity index is 1.34. The van der Waals surface area contributed by atoms with Gasteiger partial charge in [0.15, 0.2) is 0 Å². The number of hydrogen-bond acceptors (Lipinski definition) is 7. The Hall–Kier alpha value is -5.13. The first kappa shape index (κ1) is 32.1. The molecule has 2 aliphatic heterocycles. The molecule has 250 valence electrons. The maximum atomic E-state index is 15.3. The lowest BCUT2D eigenvalue weighted by atomic mass is 9.49. The molecule has 8 rings (SSSR count). The van der Waals surface area contributed by atoms with E-state index in [0.29, 0.717) is 31.9 Å². The number of hydrogen-bond donors (Lipinski definition) is 1. The molecule has 2 saturated heterocycles. The van der Waals surface area contributed by atoms with Gasteiger partial charge in [0.1, 0.15) is 5.75 Å². The van der Waals surface area contributed by atoms with Gasteiger partial charge in [-0.05, 0) is 72.9 Å². The van der Waals surface area contributed by atoms with Gasteiger partial charge in [0, 0.05) is 33.1 Å². The molecule has 1 N–H and O–H groups in total. The number of benzene rings is 4. The van der Waals surface area contributed by atoms with Crippen molar-refractivity contribution in [2.24, 2.45) is 23.7 Å². The van der Waals surface area contributed by atoms with Crippen LogP contribution >= 0.6 is 27.5 Å². The lowest BCUT2D eigenvalue weighted by Crippen LogP contribution is -2.53. The van der Waals surface area contributed by atoms with Crippen LogP contribution in [0.5, 0.6) is 5.75 Å². The molecule has 0 spiro atoms. The molecular weight excluding hydrogens is 726 g/mol. The molecule has 2 aliphatic carbocycles. The molecule has 4 aliphatic rings. The van der Waals surface area contributed by atoms with Crippen LogP contribution in [0.4, 0.5) is 17.1 Å². The summed E-state index contributed by atoms with van der Waals surface area (Å²) in [7, 11) is 0. The third-order valence-corrected chi connectivity index (χ3v) is 11.5. The Morgan fingerprint density at radius 3 is 2.26 bits per heavy atom. The minimum atomic E-state index is -1.53. The van der Waals surface area contributed by atoms with E-state index in [-0.39, 0.29) is 30.0 Å². The Bertz CT molecular complexity index is 2170. The molecule has 0 unspecified atom stereocenters. The van der Waals surface area contributed by atoms with Crippen LogP contribution in [0.1, 0.15) is 29.9 Å². The second-order valence-electron chi connectivity index (χ2n) is 13.1. The topological polar surface area (TPSA) is 138 Å². The molecule has 0 bridgehead atoms. The number of halogens is 2. The third kappa shape index (κ3) is 4.53. The largest absolute Gasteiger partial charge is 0.508 e. The Labute approximate surface area is 299 Å². The first-order valence-electron chi connectivity index (χ1n) is 16.0. The molecule has 10 nitrogen and oxygen atoms in total. The number of non-ortho nitro benzene ring substituents is 1. The first-order valence-corrected chi connectivity index (χ1v) is 17.2. The molecule has 1 saturated carbocycles. The van der Waals surface area contributed by atoms with E-state index >= 15 is 4.79 Å². The van der Waals surface area contributed by atoms with Crippen molar-refractivity contribution in [1.29, 1.82) is 0 Å². The van der Waals surface area contributed by atoms with E-state index in [1.165, 1.54) is 35.2 Å². The Morgan fingerprint density at radius 1 is 0.820 bits per heavy atom. The molecule has 2 heterocycles. The zero-order valence-corrected chi connectivity index (χ0v) is 28.5. The van der Waals surface area contributed by atoms with E-state index in [9.17, 15) is 29.6 Å². The number of phenolic OH excluding ortho intramolecular Hbond substituents is 1. The number of nitro groups is 1. The normalized spacial score (nSPS) is 27.2. The molecular formula is C38H27BrClN3O7. The number of carbonyl (C=O) groups excluding carboxylic acids is 4. The van der Waals surface area contributed by atoms with E-state index in [1.807, 2.05) is 24.3 Å². The minimum absolute atomic E-state index is 0.0845. The average Bonchev–Trinajstić information content (AvgIpc) is 3.50. The summed E-state index contributed by atoms with van der Waals surface area (Å²) in [6.07, 6.45) is 2.18. The monoisotopic (exact) mass is 751 g/mol. The highest BCUT2D eigenvalue weighted by Crippen LogP contribution is 2.65.